The van der Waals surface area contributed by atoms with Crippen molar-refractivity contribution in [2.75, 3.05) is 0 Å². The number of carbonyl (C=O) groups is 4. The van der Waals surface area contributed by atoms with Gasteiger partial charge in [0.05, 0.1) is 39.9 Å². The summed E-state index contributed by atoms with van der Waals surface area (Å²) in [6.45, 7) is 1.39. The standard InChI is InChI=1S/C33H27F3N2O11/c1-14-30(49-31(43)15-6-8-16(9-7-15)38(45)46)22(37-32(44)33(34,35)36)13-23(47-14)48-17-10-11-20-21(12-17)29(42)25-24(28(20)41)26(39)18-4-2-3-5-19(18)27(25)40/h2-9,14,17,22-23,30,41-42H,10-13H2,1H3,(H,37,44). The number of non-ortho nitro benzene ring substituents is 1. The molecular weight excluding hydrogens is 657 g/mol. The SMILES string of the molecule is CC1OC(OC2CCc3c(O)c4c(c(O)c3C2)C(=O)c2ccccc2C4=O)CC(NC(=O)C(F)(F)F)C1OC(=O)c1ccc([N+](=O)[O-])cc1. The molecular formula is C33H27F3N2O11. The molecule has 3 aromatic rings. The van der Waals surface area contributed by atoms with E-state index >= 15 is 0 Å². The van der Waals surface area contributed by atoms with Crippen LogP contribution in [-0.4, -0.2) is 75.4 Å². The van der Waals surface area contributed by atoms with Gasteiger partial charge in [0.1, 0.15) is 17.6 Å². The minimum Gasteiger partial charge on any atom is -0.507 e. The summed E-state index contributed by atoms with van der Waals surface area (Å²) in [5.41, 5.74) is -0.487. The number of rotatable bonds is 6. The lowest BCUT2D eigenvalue weighted by molar-refractivity contribution is -0.384. The lowest BCUT2D eigenvalue weighted by atomic mass is 9.77. The maximum atomic E-state index is 13.3. The van der Waals surface area contributed by atoms with Crippen LogP contribution in [0.15, 0.2) is 48.5 Å². The Bertz CT molecular complexity index is 1890. The zero-order valence-corrected chi connectivity index (χ0v) is 25.5. The van der Waals surface area contributed by atoms with E-state index in [1.54, 1.807) is 12.1 Å². The first kappa shape index (κ1) is 33.5. The maximum Gasteiger partial charge on any atom is 0.471 e. The molecule has 1 saturated heterocycles. The molecule has 1 aliphatic heterocycles. The molecule has 6 rings (SSSR count). The number of halogens is 3. The molecule has 1 amide bonds. The number of ether oxygens (including phenoxy) is 3. The summed E-state index contributed by atoms with van der Waals surface area (Å²) in [4.78, 5) is 61.6. The van der Waals surface area contributed by atoms with Crippen LogP contribution in [0.25, 0.3) is 0 Å². The van der Waals surface area contributed by atoms with Gasteiger partial charge in [0.15, 0.2) is 17.9 Å². The fourth-order valence-electron chi connectivity index (χ4n) is 6.48. The number of hydrogen-bond acceptors (Lipinski definition) is 11. The Morgan fingerprint density at radius 3 is 2.14 bits per heavy atom. The van der Waals surface area contributed by atoms with Gasteiger partial charge >= 0.3 is 18.1 Å². The van der Waals surface area contributed by atoms with Gasteiger partial charge in [-0.05, 0) is 31.9 Å². The molecule has 13 nitrogen and oxygen atoms in total. The van der Waals surface area contributed by atoms with Gasteiger partial charge in [-0.2, -0.15) is 13.2 Å². The fourth-order valence-corrected chi connectivity index (χ4v) is 6.48. The van der Waals surface area contributed by atoms with Crippen LogP contribution in [0.5, 0.6) is 11.5 Å². The maximum absolute atomic E-state index is 13.3. The van der Waals surface area contributed by atoms with Gasteiger partial charge in [-0.15, -0.1) is 0 Å². The summed E-state index contributed by atoms with van der Waals surface area (Å²) in [6.07, 6.45) is -9.98. The molecule has 5 unspecified atom stereocenters. The van der Waals surface area contributed by atoms with Crippen LogP contribution in [0.2, 0.25) is 0 Å². The molecule has 1 fully saturated rings. The molecule has 0 saturated carbocycles. The van der Waals surface area contributed by atoms with Crippen LogP contribution in [0, 0.1) is 10.1 Å². The van der Waals surface area contributed by atoms with Crippen LogP contribution < -0.4 is 5.32 Å². The van der Waals surface area contributed by atoms with E-state index in [0.29, 0.717) is 0 Å². The van der Waals surface area contributed by atoms with Gasteiger partial charge in [0.25, 0.3) is 5.69 Å². The van der Waals surface area contributed by atoms with E-state index in [4.69, 9.17) is 14.2 Å². The molecule has 0 aromatic heterocycles. The van der Waals surface area contributed by atoms with Crippen LogP contribution in [0.3, 0.4) is 0 Å². The summed E-state index contributed by atoms with van der Waals surface area (Å²) < 4.78 is 57.2. The number of aromatic hydroxyl groups is 2. The second kappa shape index (κ2) is 12.6. The smallest absolute Gasteiger partial charge is 0.471 e. The van der Waals surface area contributed by atoms with Crippen molar-refractivity contribution in [3.05, 3.63) is 97.6 Å². The first-order valence-corrected chi connectivity index (χ1v) is 15.1. The number of alkyl halides is 3. The number of phenolic OH excluding ortho intramolecular Hbond substituents is 2. The minimum atomic E-state index is -5.27. The normalized spacial score (nSPS) is 23.1. The molecule has 256 valence electrons. The van der Waals surface area contributed by atoms with Crippen molar-refractivity contribution >= 4 is 29.1 Å². The molecule has 0 bridgehead atoms. The number of nitrogens with zero attached hydrogens (tertiary/aromatic N) is 1. The number of hydrogen-bond donors (Lipinski definition) is 3. The highest BCUT2D eigenvalue weighted by Crippen LogP contribution is 2.46. The molecule has 1 heterocycles. The Hall–Kier alpha value is -5.35. The van der Waals surface area contributed by atoms with Gasteiger partial charge in [-0.3, -0.25) is 24.5 Å². The summed E-state index contributed by atoms with van der Waals surface area (Å²) in [7, 11) is 0. The highest BCUT2D eigenvalue weighted by molar-refractivity contribution is 6.30. The highest BCUT2D eigenvalue weighted by atomic mass is 19.4. The third kappa shape index (κ3) is 6.20. The zero-order valence-electron chi connectivity index (χ0n) is 25.5. The van der Waals surface area contributed by atoms with Crippen molar-refractivity contribution in [1.29, 1.82) is 0 Å². The summed E-state index contributed by atoms with van der Waals surface area (Å²) in [5.74, 6) is -5.50. The van der Waals surface area contributed by atoms with Crippen LogP contribution >= 0.6 is 0 Å². The second-order valence-corrected chi connectivity index (χ2v) is 11.9. The van der Waals surface area contributed by atoms with E-state index in [-0.39, 0.29) is 63.9 Å². The number of phenols is 2. The molecule has 3 N–H and O–H groups in total. The Balaban J connectivity index is 1.21. The van der Waals surface area contributed by atoms with Gasteiger partial charge in [0, 0.05) is 47.2 Å². The van der Waals surface area contributed by atoms with E-state index in [0.717, 1.165) is 24.3 Å². The van der Waals surface area contributed by atoms with E-state index in [1.807, 2.05) is 5.32 Å². The van der Waals surface area contributed by atoms with E-state index in [2.05, 4.69) is 0 Å². The predicted molar refractivity (Wildman–Crippen MR) is 159 cm³/mol. The number of esters is 1. The van der Waals surface area contributed by atoms with E-state index in [1.165, 1.54) is 19.1 Å². The van der Waals surface area contributed by atoms with Gasteiger partial charge < -0.3 is 29.7 Å². The largest absolute Gasteiger partial charge is 0.507 e. The first-order valence-electron chi connectivity index (χ1n) is 15.1. The Morgan fingerprint density at radius 1 is 0.980 bits per heavy atom. The number of nitro benzene ring substituents is 1. The summed E-state index contributed by atoms with van der Waals surface area (Å²) in [6, 6.07) is 8.89. The van der Waals surface area contributed by atoms with Crippen LogP contribution in [-0.2, 0) is 31.8 Å². The molecule has 49 heavy (non-hydrogen) atoms. The molecule has 0 radical (unpaired) electrons. The lowest BCUT2D eigenvalue weighted by Crippen LogP contribution is -2.59. The number of amides is 1. The number of nitro groups is 1. The van der Waals surface area contributed by atoms with Crippen molar-refractivity contribution < 1.29 is 61.7 Å². The molecule has 3 aromatic carbocycles. The van der Waals surface area contributed by atoms with Crippen molar-refractivity contribution in [1.82, 2.24) is 5.32 Å². The van der Waals surface area contributed by atoms with E-state index < -0.39 is 83.1 Å². The molecule has 0 spiro atoms. The average molecular weight is 685 g/mol. The molecule has 3 aliphatic rings. The number of fused-ring (bicyclic) bond motifs is 3. The van der Waals surface area contributed by atoms with Crippen molar-refractivity contribution in [2.45, 2.75) is 69.4 Å². The summed E-state index contributed by atoms with van der Waals surface area (Å²) >= 11 is 0. The van der Waals surface area contributed by atoms with Crippen LogP contribution in [0.1, 0.15) is 73.1 Å². The Kier molecular flexibility index (Phi) is 8.62. The molecule has 2 aliphatic carbocycles. The van der Waals surface area contributed by atoms with Gasteiger partial charge in [-0.1, -0.05) is 24.3 Å². The highest BCUT2D eigenvalue weighted by Gasteiger charge is 2.47. The first-order chi connectivity index (χ1) is 23.1. The van der Waals surface area contributed by atoms with Crippen molar-refractivity contribution in [3.63, 3.8) is 0 Å². The second-order valence-electron chi connectivity index (χ2n) is 11.9. The number of carbonyl (C=O) groups excluding carboxylic acids is 4. The third-order valence-electron chi connectivity index (χ3n) is 8.83. The predicted octanol–water partition coefficient (Wildman–Crippen LogP) is 4.06. The lowest BCUT2D eigenvalue weighted by Gasteiger charge is -2.41. The number of benzene rings is 3. The Morgan fingerprint density at radius 2 is 1.57 bits per heavy atom. The van der Waals surface area contributed by atoms with Crippen molar-refractivity contribution in [3.8, 4) is 11.5 Å². The number of nitrogens with one attached hydrogen (secondary N) is 1. The quantitative estimate of drug-likeness (QED) is 0.115. The van der Waals surface area contributed by atoms with E-state index in [9.17, 15) is 52.7 Å². The molecule has 16 heteroatoms. The molecule has 5 atom stereocenters. The monoisotopic (exact) mass is 684 g/mol. The van der Waals surface area contributed by atoms with Crippen LogP contribution in [0.4, 0.5) is 18.9 Å². The number of ketones is 2. The average Bonchev–Trinajstić information content (AvgIpc) is 3.06. The van der Waals surface area contributed by atoms with Gasteiger partial charge in [0.2, 0.25) is 0 Å². The van der Waals surface area contributed by atoms with Gasteiger partial charge in [-0.25, -0.2) is 4.79 Å². The zero-order chi connectivity index (χ0) is 35.4. The third-order valence-corrected chi connectivity index (χ3v) is 8.83. The minimum absolute atomic E-state index is 0.0682. The fraction of sp³-hybridized carbons (Fsp3) is 0.333. The Labute approximate surface area is 274 Å². The van der Waals surface area contributed by atoms with Crippen molar-refractivity contribution in [2.24, 2.45) is 0 Å². The topological polar surface area (TPSA) is 192 Å². The summed E-state index contributed by atoms with van der Waals surface area (Å²) in [5, 5.41) is 35.1.